The topological polar surface area (TPSA) is 110 Å². The molecule has 0 radical (unpaired) electrons. The summed E-state index contributed by atoms with van der Waals surface area (Å²) in [5.41, 5.74) is 4.80. The van der Waals surface area contributed by atoms with Crippen LogP contribution in [0.15, 0.2) is 57.7 Å². The first-order valence-corrected chi connectivity index (χ1v) is 8.20. The SMILES string of the molecule is Cc1cc(=O)oc2cc(OCC(=O)NNC(=O)Nc3ccccc3F)ccc12. The molecule has 0 spiro atoms. The molecule has 0 unspecified atom stereocenters. The van der Waals surface area contributed by atoms with Crippen molar-refractivity contribution in [2.45, 2.75) is 6.92 Å². The zero-order valence-electron chi connectivity index (χ0n) is 14.7. The Labute approximate surface area is 158 Å². The highest BCUT2D eigenvalue weighted by molar-refractivity contribution is 5.91. The second-order valence-electron chi connectivity index (χ2n) is 5.80. The van der Waals surface area contributed by atoms with E-state index < -0.39 is 30.0 Å². The van der Waals surface area contributed by atoms with Gasteiger partial charge in [-0.2, -0.15) is 0 Å². The smallest absolute Gasteiger partial charge is 0.338 e. The van der Waals surface area contributed by atoms with E-state index in [0.29, 0.717) is 11.3 Å². The highest BCUT2D eigenvalue weighted by atomic mass is 19.1. The minimum absolute atomic E-state index is 0.0292. The molecule has 3 aromatic rings. The van der Waals surface area contributed by atoms with Crippen LogP contribution in [0.1, 0.15) is 5.56 Å². The van der Waals surface area contributed by atoms with Crippen LogP contribution in [0.2, 0.25) is 0 Å². The lowest BCUT2D eigenvalue weighted by molar-refractivity contribution is -0.123. The van der Waals surface area contributed by atoms with E-state index in [1.165, 1.54) is 30.3 Å². The molecule has 28 heavy (non-hydrogen) atoms. The third-order valence-corrected chi connectivity index (χ3v) is 3.73. The lowest BCUT2D eigenvalue weighted by Gasteiger charge is -2.10. The molecule has 1 aromatic heterocycles. The quantitative estimate of drug-likeness (QED) is 0.472. The molecule has 9 heteroatoms. The molecule has 0 aliphatic rings. The molecule has 3 amide bonds. The van der Waals surface area contributed by atoms with Crippen LogP contribution >= 0.6 is 0 Å². The number of nitrogens with one attached hydrogen (secondary N) is 3. The van der Waals surface area contributed by atoms with E-state index in [2.05, 4.69) is 16.2 Å². The number of hydrazine groups is 1. The number of rotatable bonds is 4. The Morgan fingerprint density at radius 2 is 1.89 bits per heavy atom. The summed E-state index contributed by atoms with van der Waals surface area (Å²) >= 11 is 0. The zero-order chi connectivity index (χ0) is 20.1. The number of hydrogen-bond donors (Lipinski definition) is 3. The molecule has 3 rings (SSSR count). The van der Waals surface area contributed by atoms with E-state index in [-0.39, 0.29) is 5.69 Å². The predicted molar refractivity (Wildman–Crippen MR) is 99.4 cm³/mol. The summed E-state index contributed by atoms with van der Waals surface area (Å²) in [5, 5.41) is 3.00. The number of amides is 3. The van der Waals surface area contributed by atoms with Gasteiger partial charge in [-0.05, 0) is 36.8 Å². The van der Waals surface area contributed by atoms with Crippen LogP contribution < -0.4 is 26.5 Å². The minimum Gasteiger partial charge on any atom is -0.484 e. The van der Waals surface area contributed by atoms with Gasteiger partial charge in [-0.25, -0.2) is 19.4 Å². The van der Waals surface area contributed by atoms with E-state index in [0.717, 1.165) is 10.9 Å². The van der Waals surface area contributed by atoms with E-state index >= 15 is 0 Å². The largest absolute Gasteiger partial charge is 0.484 e. The Morgan fingerprint density at radius 3 is 2.68 bits per heavy atom. The van der Waals surface area contributed by atoms with E-state index in [9.17, 15) is 18.8 Å². The van der Waals surface area contributed by atoms with Crippen LogP contribution in [0.5, 0.6) is 5.75 Å². The van der Waals surface area contributed by atoms with Gasteiger partial charge in [0.15, 0.2) is 6.61 Å². The Hall–Kier alpha value is -3.88. The number of fused-ring (bicyclic) bond motifs is 1. The molecule has 0 fully saturated rings. The maximum absolute atomic E-state index is 13.4. The first-order valence-electron chi connectivity index (χ1n) is 8.20. The van der Waals surface area contributed by atoms with Gasteiger partial charge >= 0.3 is 11.7 Å². The van der Waals surface area contributed by atoms with Crippen molar-refractivity contribution in [2.75, 3.05) is 11.9 Å². The number of carbonyl (C=O) groups is 2. The number of hydrogen-bond acceptors (Lipinski definition) is 5. The highest BCUT2D eigenvalue weighted by Crippen LogP contribution is 2.22. The number of ether oxygens (including phenoxy) is 1. The van der Waals surface area contributed by atoms with Gasteiger partial charge in [0.1, 0.15) is 17.1 Å². The van der Waals surface area contributed by atoms with Crippen LogP contribution in [-0.2, 0) is 4.79 Å². The summed E-state index contributed by atoms with van der Waals surface area (Å²) in [5.74, 6) is -0.938. The first-order chi connectivity index (χ1) is 13.4. The van der Waals surface area contributed by atoms with Gasteiger partial charge in [0, 0.05) is 17.5 Å². The molecule has 1 heterocycles. The molecule has 0 bridgehead atoms. The summed E-state index contributed by atoms with van der Waals surface area (Å²) in [7, 11) is 0. The van der Waals surface area contributed by atoms with Crippen molar-refractivity contribution in [3.8, 4) is 5.75 Å². The molecule has 2 aromatic carbocycles. The van der Waals surface area contributed by atoms with Crippen molar-refractivity contribution < 1.29 is 23.1 Å². The Morgan fingerprint density at radius 1 is 1.11 bits per heavy atom. The summed E-state index contributed by atoms with van der Waals surface area (Å²) < 4.78 is 23.9. The van der Waals surface area contributed by atoms with Gasteiger partial charge in [-0.1, -0.05) is 12.1 Å². The number of benzene rings is 2. The fourth-order valence-electron chi connectivity index (χ4n) is 2.42. The minimum atomic E-state index is -0.818. The maximum Gasteiger partial charge on any atom is 0.338 e. The molecule has 3 N–H and O–H groups in total. The van der Waals surface area contributed by atoms with Crippen molar-refractivity contribution >= 4 is 28.6 Å². The van der Waals surface area contributed by atoms with Crippen molar-refractivity contribution in [1.82, 2.24) is 10.9 Å². The summed E-state index contributed by atoms with van der Waals surface area (Å²) in [6.45, 7) is 1.38. The third kappa shape index (κ3) is 4.64. The predicted octanol–water partition coefficient (Wildman–Crippen LogP) is 2.47. The van der Waals surface area contributed by atoms with Crippen molar-refractivity contribution in [3.05, 3.63) is 70.3 Å². The summed E-state index contributed by atoms with van der Waals surface area (Å²) in [6, 6.07) is 11.0. The molecule has 144 valence electrons. The van der Waals surface area contributed by atoms with Gasteiger partial charge in [-0.3, -0.25) is 10.2 Å². The lowest BCUT2D eigenvalue weighted by Crippen LogP contribution is -2.45. The fraction of sp³-hybridized carbons (Fsp3) is 0.105. The number of para-hydroxylation sites is 1. The Bertz CT molecular complexity index is 1100. The van der Waals surface area contributed by atoms with Crippen molar-refractivity contribution in [3.63, 3.8) is 0 Å². The van der Waals surface area contributed by atoms with Crippen LogP contribution in [0.25, 0.3) is 11.0 Å². The van der Waals surface area contributed by atoms with E-state index in [1.807, 2.05) is 0 Å². The molecule has 0 aliphatic heterocycles. The van der Waals surface area contributed by atoms with Crippen LogP contribution in [0.4, 0.5) is 14.9 Å². The highest BCUT2D eigenvalue weighted by Gasteiger charge is 2.09. The van der Waals surface area contributed by atoms with Gasteiger partial charge < -0.3 is 14.5 Å². The number of urea groups is 1. The molecular formula is C19H16FN3O5. The molecule has 0 saturated carbocycles. The fourth-order valence-corrected chi connectivity index (χ4v) is 2.42. The van der Waals surface area contributed by atoms with E-state index in [1.54, 1.807) is 25.1 Å². The summed E-state index contributed by atoms with van der Waals surface area (Å²) in [4.78, 5) is 34.9. The molecule has 0 aliphatic carbocycles. The standard InChI is InChI=1S/C19H16FN3O5/c1-11-8-18(25)28-16-9-12(6-7-13(11)16)27-10-17(24)22-23-19(26)21-15-5-3-2-4-14(15)20/h2-9H,10H2,1H3,(H,22,24)(H2,21,23,26). The molecule has 0 atom stereocenters. The van der Waals surface area contributed by atoms with Crippen LogP contribution in [0, 0.1) is 12.7 Å². The third-order valence-electron chi connectivity index (χ3n) is 3.73. The number of anilines is 1. The Balaban J connectivity index is 1.51. The number of halogens is 1. The summed E-state index contributed by atoms with van der Waals surface area (Å²) in [6.07, 6.45) is 0. The maximum atomic E-state index is 13.4. The van der Waals surface area contributed by atoms with Crippen LogP contribution in [0.3, 0.4) is 0 Å². The van der Waals surface area contributed by atoms with Gasteiger partial charge in [0.05, 0.1) is 5.69 Å². The molecular weight excluding hydrogens is 369 g/mol. The lowest BCUT2D eigenvalue weighted by atomic mass is 10.1. The average molecular weight is 385 g/mol. The van der Waals surface area contributed by atoms with Crippen LogP contribution in [-0.4, -0.2) is 18.5 Å². The second kappa shape index (κ2) is 8.21. The van der Waals surface area contributed by atoms with Gasteiger partial charge in [0.25, 0.3) is 5.91 Å². The molecule has 8 nitrogen and oxygen atoms in total. The number of aryl methyl sites for hydroxylation is 1. The van der Waals surface area contributed by atoms with Gasteiger partial charge in [-0.15, -0.1) is 0 Å². The average Bonchev–Trinajstić information content (AvgIpc) is 2.66. The zero-order valence-corrected chi connectivity index (χ0v) is 14.7. The first kappa shape index (κ1) is 18.9. The monoisotopic (exact) mass is 385 g/mol. The van der Waals surface area contributed by atoms with Crippen molar-refractivity contribution in [1.29, 1.82) is 0 Å². The van der Waals surface area contributed by atoms with Gasteiger partial charge in [0.2, 0.25) is 0 Å². The van der Waals surface area contributed by atoms with Crippen molar-refractivity contribution in [2.24, 2.45) is 0 Å². The second-order valence-corrected chi connectivity index (χ2v) is 5.80. The normalized spacial score (nSPS) is 10.4. The van der Waals surface area contributed by atoms with E-state index in [4.69, 9.17) is 9.15 Å². The Kier molecular flexibility index (Phi) is 5.54. The molecule has 0 saturated heterocycles. The number of carbonyl (C=O) groups excluding carboxylic acids is 2.